The van der Waals surface area contributed by atoms with Crippen molar-refractivity contribution in [2.45, 2.75) is 31.8 Å². The Morgan fingerprint density at radius 1 is 1.19 bits per heavy atom. The van der Waals surface area contributed by atoms with E-state index in [1.54, 1.807) is 17.7 Å². The maximum Gasteiger partial charge on any atom is 0.254 e. The highest BCUT2D eigenvalue weighted by molar-refractivity contribution is 7.10. The summed E-state index contributed by atoms with van der Waals surface area (Å²) in [5, 5.41) is 7.62. The summed E-state index contributed by atoms with van der Waals surface area (Å²) in [4.78, 5) is 30.3. The minimum absolute atomic E-state index is 0.180. The average Bonchev–Trinajstić information content (AvgIpc) is 3.53. The van der Waals surface area contributed by atoms with Crippen LogP contribution in [0.1, 0.15) is 34.1 Å². The van der Waals surface area contributed by atoms with Crippen molar-refractivity contribution in [3.63, 3.8) is 0 Å². The lowest BCUT2D eigenvalue weighted by molar-refractivity contribution is 0.0198. The van der Waals surface area contributed by atoms with Crippen molar-refractivity contribution in [1.29, 1.82) is 0 Å². The topological polar surface area (TPSA) is 82.9 Å². The Bertz CT molecular complexity index is 1260. The van der Waals surface area contributed by atoms with Crippen LogP contribution in [-0.2, 0) is 0 Å². The van der Waals surface area contributed by atoms with Crippen LogP contribution in [0, 0.1) is 6.92 Å². The number of fused-ring (bicyclic) bond motifs is 1. The van der Waals surface area contributed by atoms with Crippen molar-refractivity contribution in [2.75, 3.05) is 26.2 Å². The first-order valence-corrected chi connectivity index (χ1v) is 11.9. The molecule has 4 aromatic heterocycles. The van der Waals surface area contributed by atoms with E-state index in [0.29, 0.717) is 12.1 Å². The molecule has 0 bridgehead atoms. The van der Waals surface area contributed by atoms with E-state index < -0.39 is 0 Å². The summed E-state index contributed by atoms with van der Waals surface area (Å²) < 4.78 is 2.07. The molecule has 6 rings (SSSR count). The third kappa shape index (κ3) is 3.41. The molecule has 0 aliphatic carbocycles. The molecule has 0 aromatic carbocycles. The number of piperidine rings is 1. The number of nitrogens with zero attached hydrogens (tertiary/aromatic N) is 6. The van der Waals surface area contributed by atoms with Crippen LogP contribution in [0.5, 0.6) is 0 Å². The van der Waals surface area contributed by atoms with Crippen molar-refractivity contribution in [3.8, 4) is 11.3 Å². The van der Waals surface area contributed by atoms with Gasteiger partial charge in [0.25, 0.3) is 5.91 Å². The van der Waals surface area contributed by atoms with Crippen LogP contribution in [0.25, 0.3) is 22.3 Å². The Kier molecular flexibility index (Phi) is 4.80. The van der Waals surface area contributed by atoms with Crippen molar-refractivity contribution < 1.29 is 4.79 Å². The maximum atomic E-state index is 12.7. The zero-order valence-electron chi connectivity index (χ0n) is 17.9. The number of aromatic nitrogens is 5. The lowest BCUT2D eigenvalue weighted by Gasteiger charge is -2.47. The highest BCUT2D eigenvalue weighted by Gasteiger charge is 2.36. The summed E-state index contributed by atoms with van der Waals surface area (Å²) in [5.41, 5.74) is 3.61. The van der Waals surface area contributed by atoms with E-state index in [1.165, 1.54) is 4.88 Å². The standard InChI is InChI=1S/C23H25N7OS/c1-15-8-16(13-32-15)23(31)28-6-3-18(4-7-28)29-11-19(12-29)30-10-17(9-27-30)21-20-2-5-24-22(20)26-14-25-21/h2,5,8-10,13-14,18-19H,3-4,6-7,11-12H2,1H3,(H,24,25,26). The van der Waals surface area contributed by atoms with Crippen LogP contribution in [0.3, 0.4) is 0 Å². The van der Waals surface area contributed by atoms with Crippen molar-refractivity contribution in [1.82, 2.24) is 34.5 Å². The summed E-state index contributed by atoms with van der Waals surface area (Å²) in [7, 11) is 0. The number of hydrogen-bond acceptors (Lipinski definition) is 6. The van der Waals surface area contributed by atoms with E-state index in [4.69, 9.17) is 0 Å². The van der Waals surface area contributed by atoms with Gasteiger partial charge in [-0.2, -0.15) is 5.10 Å². The lowest BCUT2D eigenvalue weighted by Crippen LogP contribution is -2.56. The third-order valence-electron chi connectivity index (χ3n) is 6.74. The largest absolute Gasteiger partial charge is 0.346 e. The molecular weight excluding hydrogens is 422 g/mol. The quantitative estimate of drug-likeness (QED) is 0.519. The number of nitrogens with one attached hydrogen (secondary N) is 1. The number of carbonyl (C=O) groups is 1. The molecule has 0 atom stereocenters. The number of H-pyrrole nitrogens is 1. The first kappa shape index (κ1) is 19.6. The molecule has 0 unspecified atom stereocenters. The van der Waals surface area contributed by atoms with Crippen LogP contribution in [-0.4, -0.2) is 72.7 Å². The van der Waals surface area contributed by atoms with Gasteiger partial charge in [0.15, 0.2) is 0 Å². The highest BCUT2D eigenvalue weighted by atomic mass is 32.1. The number of rotatable bonds is 4. The molecule has 2 aliphatic rings. The Hall–Kier alpha value is -3.04. The molecule has 0 radical (unpaired) electrons. The minimum Gasteiger partial charge on any atom is -0.346 e. The van der Waals surface area contributed by atoms with Gasteiger partial charge in [-0.15, -0.1) is 11.3 Å². The van der Waals surface area contributed by atoms with Gasteiger partial charge < -0.3 is 9.88 Å². The maximum absolute atomic E-state index is 12.7. The third-order valence-corrected chi connectivity index (χ3v) is 7.60. The summed E-state index contributed by atoms with van der Waals surface area (Å²) in [5.74, 6) is 0.180. The molecule has 2 aliphatic heterocycles. The van der Waals surface area contributed by atoms with E-state index in [2.05, 4.69) is 35.8 Å². The van der Waals surface area contributed by atoms with E-state index in [1.807, 2.05) is 41.7 Å². The minimum atomic E-state index is 0.180. The number of carbonyl (C=O) groups excluding carboxylic acids is 1. The number of likely N-dealkylation sites (tertiary alicyclic amines) is 2. The molecule has 0 spiro atoms. The monoisotopic (exact) mass is 447 g/mol. The fourth-order valence-electron chi connectivity index (χ4n) is 4.89. The lowest BCUT2D eigenvalue weighted by atomic mass is 9.97. The van der Waals surface area contributed by atoms with E-state index in [9.17, 15) is 4.79 Å². The van der Waals surface area contributed by atoms with Crippen LogP contribution in [0.2, 0.25) is 0 Å². The first-order chi connectivity index (χ1) is 15.7. The Labute approximate surface area is 189 Å². The van der Waals surface area contributed by atoms with Gasteiger partial charge in [0.1, 0.15) is 12.0 Å². The Morgan fingerprint density at radius 2 is 2.03 bits per heavy atom. The molecule has 2 fully saturated rings. The van der Waals surface area contributed by atoms with Gasteiger partial charge in [0.2, 0.25) is 0 Å². The molecule has 1 amide bonds. The van der Waals surface area contributed by atoms with Gasteiger partial charge in [-0.3, -0.25) is 14.4 Å². The van der Waals surface area contributed by atoms with Gasteiger partial charge in [0.05, 0.1) is 23.5 Å². The predicted octanol–water partition coefficient (Wildman–Crippen LogP) is 3.35. The number of aromatic amines is 1. The molecule has 4 aromatic rings. The Morgan fingerprint density at radius 3 is 2.81 bits per heavy atom. The van der Waals surface area contributed by atoms with E-state index >= 15 is 0 Å². The van der Waals surface area contributed by atoms with Crippen molar-refractivity contribution in [2.24, 2.45) is 0 Å². The summed E-state index contributed by atoms with van der Waals surface area (Å²) in [6.45, 7) is 5.74. The molecule has 8 nitrogen and oxygen atoms in total. The molecule has 32 heavy (non-hydrogen) atoms. The van der Waals surface area contributed by atoms with Gasteiger partial charge in [-0.25, -0.2) is 9.97 Å². The average molecular weight is 448 g/mol. The second-order valence-electron chi connectivity index (χ2n) is 8.75. The fourth-order valence-corrected chi connectivity index (χ4v) is 5.56. The van der Waals surface area contributed by atoms with Crippen molar-refractivity contribution in [3.05, 3.63) is 52.9 Å². The Balaban J connectivity index is 1.05. The van der Waals surface area contributed by atoms with Gasteiger partial charge in [0, 0.05) is 65.8 Å². The number of thiophene rings is 1. The second-order valence-corrected chi connectivity index (χ2v) is 9.86. The van der Waals surface area contributed by atoms with Crippen molar-refractivity contribution >= 4 is 28.3 Å². The number of aryl methyl sites for hydroxylation is 1. The summed E-state index contributed by atoms with van der Waals surface area (Å²) in [6, 6.07) is 4.95. The summed E-state index contributed by atoms with van der Waals surface area (Å²) >= 11 is 1.64. The predicted molar refractivity (Wildman–Crippen MR) is 124 cm³/mol. The molecule has 164 valence electrons. The van der Waals surface area contributed by atoms with Gasteiger partial charge in [-0.05, 0) is 31.9 Å². The molecule has 9 heteroatoms. The van der Waals surface area contributed by atoms with Gasteiger partial charge >= 0.3 is 0 Å². The van der Waals surface area contributed by atoms with E-state index in [-0.39, 0.29) is 5.91 Å². The SMILES string of the molecule is Cc1cc(C(=O)N2CCC(N3CC(n4cc(-c5ncnc6[nH]ccc56)cn4)C3)CC2)cs1. The summed E-state index contributed by atoms with van der Waals surface area (Å²) in [6.07, 6.45) is 9.55. The number of amides is 1. The molecular formula is C23H25N7OS. The van der Waals surface area contributed by atoms with Gasteiger partial charge in [-0.1, -0.05) is 0 Å². The zero-order valence-corrected chi connectivity index (χ0v) is 18.8. The smallest absolute Gasteiger partial charge is 0.254 e. The fraction of sp³-hybridized carbons (Fsp3) is 0.391. The molecule has 2 saturated heterocycles. The number of hydrogen-bond donors (Lipinski definition) is 1. The van der Waals surface area contributed by atoms with Crippen LogP contribution in [0.15, 0.2) is 42.4 Å². The molecule has 1 N–H and O–H groups in total. The molecule has 6 heterocycles. The van der Waals surface area contributed by atoms with E-state index in [0.717, 1.165) is 66.9 Å². The zero-order chi connectivity index (χ0) is 21.7. The van der Waals surface area contributed by atoms with Crippen LogP contribution in [0.4, 0.5) is 0 Å². The normalized spacial score (nSPS) is 18.3. The van der Waals surface area contributed by atoms with Crippen LogP contribution < -0.4 is 0 Å². The first-order valence-electron chi connectivity index (χ1n) is 11.1. The highest BCUT2D eigenvalue weighted by Crippen LogP contribution is 2.31. The second kappa shape index (κ2) is 7.83. The molecule has 0 saturated carbocycles. The van der Waals surface area contributed by atoms with Crippen LogP contribution >= 0.6 is 11.3 Å².